The summed E-state index contributed by atoms with van der Waals surface area (Å²) in [4.78, 5) is 16.8. The van der Waals surface area contributed by atoms with Gasteiger partial charge in [0.05, 0.1) is 5.57 Å². The number of amides is 1. The molecule has 0 atom stereocenters. The fourth-order valence-corrected chi connectivity index (χ4v) is 4.25. The Bertz CT molecular complexity index is 1090. The van der Waals surface area contributed by atoms with Crippen LogP contribution in [0.1, 0.15) is 43.0 Å². The van der Waals surface area contributed by atoms with Gasteiger partial charge in [-0.25, -0.2) is 0 Å². The largest absolute Gasteiger partial charge is 0.317 e. The van der Waals surface area contributed by atoms with Crippen LogP contribution in [0.5, 0.6) is 0 Å². The van der Waals surface area contributed by atoms with Crippen LogP contribution in [0, 0.1) is 19.3 Å². The topological polar surface area (TPSA) is 73.8 Å². The van der Waals surface area contributed by atoms with Gasteiger partial charge in [-0.2, -0.15) is 15.1 Å². The van der Waals surface area contributed by atoms with E-state index in [9.17, 15) is 4.79 Å². The van der Waals surface area contributed by atoms with Gasteiger partial charge >= 0.3 is 0 Å². The van der Waals surface area contributed by atoms with Gasteiger partial charge in [0.2, 0.25) is 5.17 Å². The fourth-order valence-electron chi connectivity index (χ4n) is 3.32. The molecule has 0 aliphatic carbocycles. The summed E-state index contributed by atoms with van der Waals surface area (Å²) in [6.45, 7) is 6.24. The standard InChI is InChI=1S/C22H23N5OS/c1-4-5-8-19-25-27-20(23)17(21(28)24-22(27)29-19)13-16-7-6-11-26(16)18-12-14(2)9-10-15(18)3/h6-7,9-13,23H,4-5,8H2,1-3H3/b17-13-,23-20?. The van der Waals surface area contributed by atoms with E-state index >= 15 is 0 Å². The number of aliphatic imine (C=N–C) groups is 1. The predicted octanol–water partition coefficient (Wildman–Crippen LogP) is 4.90. The van der Waals surface area contributed by atoms with Crippen LogP contribution in [0.25, 0.3) is 11.8 Å². The molecule has 1 amide bonds. The minimum absolute atomic E-state index is 0.0766. The van der Waals surface area contributed by atoms with Crippen molar-refractivity contribution in [2.45, 2.75) is 40.0 Å². The first kappa shape index (κ1) is 19.4. The summed E-state index contributed by atoms with van der Waals surface area (Å²) in [6, 6.07) is 10.1. The summed E-state index contributed by atoms with van der Waals surface area (Å²) in [7, 11) is 0. The molecule has 2 aliphatic heterocycles. The minimum atomic E-state index is -0.394. The summed E-state index contributed by atoms with van der Waals surface area (Å²) in [5, 5.41) is 15.9. The van der Waals surface area contributed by atoms with Crippen LogP contribution in [0.3, 0.4) is 0 Å². The Morgan fingerprint density at radius 3 is 2.86 bits per heavy atom. The van der Waals surface area contributed by atoms with Gasteiger partial charge in [-0.1, -0.05) is 25.5 Å². The number of nitrogens with one attached hydrogen (secondary N) is 1. The van der Waals surface area contributed by atoms with Gasteiger partial charge in [0.15, 0.2) is 5.84 Å². The number of aromatic nitrogens is 1. The number of benzene rings is 1. The van der Waals surface area contributed by atoms with Crippen molar-refractivity contribution in [1.29, 1.82) is 5.41 Å². The summed E-state index contributed by atoms with van der Waals surface area (Å²) in [5.74, 6) is -0.317. The number of hydrazone groups is 1. The number of nitrogens with zero attached hydrogens (tertiary/aromatic N) is 4. The third kappa shape index (κ3) is 3.70. The highest BCUT2D eigenvalue weighted by atomic mass is 32.2. The van der Waals surface area contributed by atoms with Crippen molar-refractivity contribution < 1.29 is 4.79 Å². The van der Waals surface area contributed by atoms with Gasteiger partial charge in [-0.15, -0.1) is 0 Å². The van der Waals surface area contributed by atoms with Crippen LogP contribution < -0.4 is 0 Å². The zero-order valence-corrected chi connectivity index (χ0v) is 17.6. The van der Waals surface area contributed by atoms with Crippen molar-refractivity contribution in [2.24, 2.45) is 10.1 Å². The number of carbonyl (C=O) groups excluding carboxylic acids is 1. The zero-order chi connectivity index (χ0) is 20.5. The number of thioether (sulfide) groups is 1. The number of unbranched alkanes of at least 4 members (excludes halogenated alkanes) is 1. The van der Waals surface area contributed by atoms with Crippen LogP contribution in [-0.4, -0.2) is 31.5 Å². The van der Waals surface area contributed by atoms with Crippen LogP contribution in [0.2, 0.25) is 0 Å². The van der Waals surface area contributed by atoms with Crippen molar-refractivity contribution in [3.63, 3.8) is 0 Å². The summed E-state index contributed by atoms with van der Waals surface area (Å²) < 4.78 is 2.03. The maximum atomic E-state index is 12.7. The molecule has 0 bridgehead atoms. The highest BCUT2D eigenvalue weighted by molar-refractivity contribution is 8.26. The first-order chi connectivity index (χ1) is 14.0. The summed E-state index contributed by atoms with van der Waals surface area (Å²) in [5.41, 5.74) is 4.43. The van der Waals surface area contributed by atoms with Gasteiger partial charge in [0, 0.05) is 17.6 Å². The van der Waals surface area contributed by atoms with Crippen molar-refractivity contribution in [3.05, 3.63) is 58.9 Å². The molecule has 2 aromatic rings. The molecule has 0 radical (unpaired) electrons. The molecule has 148 valence electrons. The highest BCUT2D eigenvalue weighted by Crippen LogP contribution is 2.30. The number of hydrogen-bond acceptors (Lipinski definition) is 4. The van der Waals surface area contributed by atoms with E-state index < -0.39 is 5.91 Å². The second-order valence-electron chi connectivity index (χ2n) is 7.21. The molecule has 0 saturated heterocycles. The molecule has 1 N–H and O–H groups in total. The molecule has 1 aromatic heterocycles. The van der Waals surface area contributed by atoms with Crippen molar-refractivity contribution >= 4 is 39.8 Å². The molecule has 0 unspecified atom stereocenters. The van der Waals surface area contributed by atoms with E-state index in [0.29, 0.717) is 5.17 Å². The second-order valence-corrected chi connectivity index (χ2v) is 8.25. The van der Waals surface area contributed by atoms with Crippen molar-refractivity contribution in [1.82, 2.24) is 9.58 Å². The maximum absolute atomic E-state index is 12.7. The molecule has 7 heteroatoms. The molecule has 0 saturated carbocycles. The lowest BCUT2D eigenvalue weighted by molar-refractivity contribution is -0.114. The Balaban J connectivity index is 1.69. The van der Waals surface area contributed by atoms with Gasteiger partial charge < -0.3 is 4.57 Å². The average Bonchev–Trinajstić information content (AvgIpc) is 3.32. The monoisotopic (exact) mass is 405 g/mol. The predicted molar refractivity (Wildman–Crippen MR) is 120 cm³/mol. The first-order valence-electron chi connectivity index (χ1n) is 9.72. The summed E-state index contributed by atoms with van der Waals surface area (Å²) in [6.07, 6.45) is 6.64. The Kier molecular flexibility index (Phi) is 5.24. The molecular weight excluding hydrogens is 382 g/mol. The molecule has 2 aliphatic rings. The lowest BCUT2D eigenvalue weighted by Gasteiger charge is -2.20. The lowest BCUT2D eigenvalue weighted by atomic mass is 10.1. The molecular formula is C22H23N5OS. The van der Waals surface area contributed by atoms with E-state index in [1.807, 2.05) is 22.9 Å². The minimum Gasteiger partial charge on any atom is -0.317 e. The van der Waals surface area contributed by atoms with E-state index in [1.165, 1.54) is 16.8 Å². The SMILES string of the molecule is CCCCC1=NN2C(=N)/C(=C/c3cccn3-c3cc(C)ccc3C)C(=O)N=C2S1. The Morgan fingerprint density at radius 2 is 2.07 bits per heavy atom. The second kappa shape index (κ2) is 7.83. The van der Waals surface area contributed by atoms with E-state index in [1.54, 1.807) is 6.08 Å². The fraction of sp³-hybridized carbons (Fsp3) is 0.273. The smallest absolute Gasteiger partial charge is 0.283 e. The number of amidine groups is 2. The Labute approximate surface area is 174 Å². The molecule has 29 heavy (non-hydrogen) atoms. The van der Waals surface area contributed by atoms with E-state index in [2.05, 4.69) is 49.1 Å². The van der Waals surface area contributed by atoms with Gasteiger partial charge in [-0.3, -0.25) is 10.2 Å². The lowest BCUT2D eigenvalue weighted by Crippen LogP contribution is -2.35. The van der Waals surface area contributed by atoms with E-state index in [0.717, 1.165) is 46.8 Å². The number of rotatable bonds is 5. The quantitative estimate of drug-likeness (QED) is 0.719. The zero-order valence-electron chi connectivity index (χ0n) is 16.8. The van der Waals surface area contributed by atoms with Crippen LogP contribution in [0.4, 0.5) is 0 Å². The summed E-state index contributed by atoms with van der Waals surface area (Å²) >= 11 is 1.39. The molecule has 0 fully saturated rings. The number of fused-ring (bicyclic) bond motifs is 1. The Morgan fingerprint density at radius 1 is 1.24 bits per heavy atom. The van der Waals surface area contributed by atoms with Gasteiger partial charge in [0.25, 0.3) is 5.91 Å². The van der Waals surface area contributed by atoms with Crippen LogP contribution >= 0.6 is 11.8 Å². The third-order valence-corrected chi connectivity index (χ3v) is 5.91. The average molecular weight is 406 g/mol. The molecule has 3 heterocycles. The van der Waals surface area contributed by atoms with Gasteiger partial charge in [0.1, 0.15) is 5.04 Å². The van der Waals surface area contributed by atoms with Gasteiger partial charge in [-0.05, 0) is 73.9 Å². The third-order valence-electron chi connectivity index (χ3n) is 4.94. The van der Waals surface area contributed by atoms with Crippen molar-refractivity contribution in [2.75, 3.05) is 0 Å². The Hall–Kier alpha value is -2.93. The molecule has 0 spiro atoms. The van der Waals surface area contributed by atoms with Crippen LogP contribution in [0.15, 0.2) is 52.2 Å². The maximum Gasteiger partial charge on any atom is 0.283 e. The molecule has 1 aromatic carbocycles. The van der Waals surface area contributed by atoms with Crippen molar-refractivity contribution in [3.8, 4) is 5.69 Å². The van der Waals surface area contributed by atoms with E-state index in [4.69, 9.17) is 5.41 Å². The first-order valence-corrected chi connectivity index (χ1v) is 10.5. The number of carbonyl (C=O) groups is 1. The van der Waals surface area contributed by atoms with E-state index in [-0.39, 0.29) is 11.4 Å². The highest BCUT2D eigenvalue weighted by Gasteiger charge is 2.35. The number of aryl methyl sites for hydroxylation is 2. The molecule has 4 rings (SSSR count). The van der Waals surface area contributed by atoms with Crippen LogP contribution in [-0.2, 0) is 4.79 Å². The molecule has 6 nitrogen and oxygen atoms in total. The normalized spacial score (nSPS) is 17.6. The number of hydrogen-bond donors (Lipinski definition) is 1.